The van der Waals surface area contributed by atoms with Gasteiger partial charge in [0.1, 0.15) is 6.17 Å². The molecule has 3 aliphatic rings. The zero-order valence-electron chi connectivity index (χ0n) is 16.0. The Hall–Kier alpha value is -2.29. The van der Waals surface area contributed by atoms with Gasteiger partial charge >= 0.3 is 0 Å². The maximum absolute atomic E-state index is 5.05. The molecule has 130 valence electrons. The molecule has 1 atom stereocenters. The topological polar surface area (TPSA) is 18.8 Å². The number of rotatable bonds is 1. The Morgan fingerprint density at radius 1 is 0.920 bits per heavy atom. The van der Waals surface area contributed by atoms with Gasteiger partial charge in [-0.3, -0.25) is 5.01 Å². The number of hydrogen-bond acceptors (Lipinski definition) is 3. The maximum atomic E-state index is 5.05. The van der Waals surface area contributed by atoms with Crippen LogP contribution in [0.2, 0.25) is 0 Å². The first-order valence-electron chi connectivity index (χ1n) is 9.41. The largest absolute Gasteiger partial charge is 0.300 e. The molecule has 0 fully saturated rings. The number of para-hydroxylation sites is 1. The van der Waals surface area contributed by atoms with Crippen LogP contribution in [0.25, 0.3) is 11.1 Å². The van der Waals surface area contributed by atoms with Crippen LogP contribution >= 0.6 is 0 Å². The predicted octanol–water partition coefficient (Wildman–Crippen LogP) is 5.20. The summed E-state index contributed by atoms with van der Waals surface area (Å²) in [4.78, 5) is 2.48. The minimum Gasteiger partial charge on any atom is -0.300 e. The van der Waals surface area contributed by atoms with Crippen molar-refractivity contribution >= 4 is 11.5 Å². The van der Waals surface area contributed by atoms with Gasteiger partial charge in [-0.15, -0.1) is 0 Å². The molecular formula is C22H27N3. The van der Waals surface area contributed by atoms with E-state index in [1.807, 2.05) is 13.8 Å². The first kappa shape index (κ1) is 16.2. The van der Waals surface area contributed by atoms with Gasteiger partial charge in [-0.25, -0.2) is 0 Å². The molecule has 2 aromatic rings. The van der Waals surface area contributed by atoms with Crippen molar-refractivity contribution in [1.29, 1.82) is 0 Å². The molecule has 0 amide bonds. The normalized spacial score (nSPS) is 20.8. The summed E-state index contributed by atoms with van der Waals surface area (Å²) in [6, 6.07) is 15.8. The Kier molecular flexibility index (Phi) is 3.47. The number of nitrogens with zero attached hydrogens (tertiary/aromatic N) is 3. The molecular weight excluding hydrogens is 306 g/mol. The van der Waals surface area contributed by atoms with E-state index < -0.39 is 0 Å². The fraction of sp³-hybridized carbons (Fsp3) is 0.409. The van der Waals surface area contributed by atoms with E-state index >= 15 is 0 Å². The average molecular weight is 333 g/mol. The molecule has 0 bridgehead atoms. The second-order valence-electron chi connectivity index (χ2n) is 7.61. The lowest BCUT2D eigenvalue weighted by Crippen LogP contribution is -2.50. The van der Waals surface area contributed by atoms with Crippen LogP contribution in [0.15, 0.2) is 47.6 Å². The highest BCUT2D eigenvalue weighted by atomic mass is 15.6. The number of amidine groups is 1. The molecule has 0 saturated heterocycles. The Morgan fingerprint density at radius 2 is 1.56 bits per heavy atom. The van der Waals surface area contributed by atoms with Gasteiger partial charge in [-0.05, 0) is 25.0 Å². The van der Waals surface area contributed by atoms with E-state index in [4.69, 9.17) is 5.10 Å². The highest BCUT2D eigenvalue weighted by molar-refractivity contribution is 6.21. The van der Waals surface area contributed by atoms with Crippen LogP contribution in [0, 0.1) is 0 Å². The van der Waals surface area contributed by atoms with Crippen molar-refractivity contribution in [2.45, 2.75) is 59.2 Å². The highest BCUT2D eigenvalue weighted by Crippen LogP contribution is 2.56. The first-order valence-corrected chi connectivity index (χ1v) is 9.41. The standard InChI is InChI=1S/C20H21N3.C2H6/c1-12(2)23-19-20(3,4)16-11-7-10-14-13-8-5-6-9-15(13)18(21-23)22(19)17(14)16;1-2/h5-12,19H,1-4H3;1-2H3. The molecule has 0 radical (unpaired) electrons. The van der Waals surface area contributed by atoms with Crippen molar-refractivity contribution in [3.63, 3.8) is 0 Å². The molecule has 5 rings (SSSR count). The summed E-state index contributed by atoms with van der Waals surface area (Å²) in [6.45, 7) is 13.2. The molecule has 3 aliphatic heterocycles. The fourth-order valence-corrected chi connectivity index (χ4v) is 4.50. The van der Waals surface area contributed by atoms with Crippen LogP contribution in [-0.4, -0.2) is 23.1 Å². The molecule has 0 aliphatic carbocycles. The Balaban J connectivity index is 0.000000758. The molecule has 2 aromatic carbocycles. The summed E-state index contributed by atoms with van der Waals surface area (Å²) < 4.78 is 0. The second kappa shape index (κ2) is 5.35. The molecule has 0 saturated carbocycles. The Morgan fingerprint density at radius 3 is 2.24 bits per heavy atom. The first-order chi connectivity index (χ1) is 12.0. The third kappa shape index (κ3) is 1.90. The Bertz CT molecular complexity index is 863. The lowest BCUT2D eigenvalue weighted by molar-refractivity contribution is 0.136. The van der Waals surface area contributed by atoms with Gasteiger partial charge in [0.05, 0.1) is 5.69 Å². The highest BCUT2D eigenvalue weighted by Gasteiger charge is 2.55. The molecule has 0 aromatic heterocycles. The van der Waals surface area contributed by atoms with Gasteiger partial charge in [-0.2, -0.15) is 5.10 Å². The third-order valence-corrected chi connectivity index (χ3v) is 5.54. The van der Waals surface area contributed by atoms with Gasteiger partial charge in [0.15, 0.2) is 5.84 Å². The molecule has 3 heterocycles. The van der Waals surface area contributed by atoms with Crippen molar-refractivity contribution in [3.05, 3.63) is 53.6 Å². The lowest BCUT2D eigenvalue weighted by atomic mass is 9.82. The monoisotopic (exact) mass is 333 g/mol. The summed E-state index contributed by atoms with van der Waals surface area (Å²) in [5.41, 5.74) is 6.75. The SMILES string of the molecule is CC.CC(C)N1N=C2c3ccccc3-c3cccc4c3N2C1C4(C)C. The summed E-state index contributed by atoms with van der Waals surface area (Å²) in [5.74, 6) is 1.12. The molecule has 0 N–H and O–H groups in total. The summed E-state index contributed by atoms with van der Waals surface area (Å²) in [7, 11) is 0. The summed E-state index contributed by atoms with van der Waals surface area (Å²) in [5, 5.41) is 7.34. The van der Waals surface area contributed by atoms with E-state index in [1.165, 1.54) is 27.9 Å². The van der Waals surface area contributed by atoms with Gasteiger partial charge in [0.25, 0.3) is 0 Å². The van der Waals surface area contributed by atoms with Crippen molar-refractivity contribution in [3.8, 4) is 11.1 Å². The minimum absolute atomic E-state index is 0.0445. The van der Waals surface area contributed by atoms with Crippen LogP contribution in [-0.2, 0) is 5.41 Å². The van der Waals surface area contributed by atoms with Crippen LogP contribution in [0.5, 0.6) is 0 Å². The van der Waals surface area contributed by atoms with Crippen molar-refractivity contribution in [1.82, 2.24) is 5.01 Å². The molecule has 25 heavy (non-hydrogen) atoms. The number of hydrazone groups is 1. The fourth-order valence-electron chi connectivity index (χ4n) is 4.50. The van der Waals surface area contributed by atoms with Crippen LogP contribution in [0.3, 0.4) is 0 Å². The predicted molar refractivity (Wildman–Crippen MR) is 106 cm³/mol. The number of anilines is 1. The van der Waals surface area contributed by atoms with Gasteiger partial charge in [-0.1, -0.05) is 70.2 Å². The van der Waals surface area contributed by atoms with E-state index in [-0.39, 0.29) is 11.6 Å². The zero-order chi connectivity index (χ0) is 17.9. The average Bonchev–Trinajstić information content (AvgIpc) is 3.14. The lowest BCUT2D eigenvalue weighted by Gasteiger charge is -2.37. The van der Waals surface area contributed by atoms with Crippen molar-refractivity contribution in [2.75, 3.05) is 4.90 Å². The minimum atomic E-state index is 0.0445. The van der Waals surface area contributed by atoms with E-state index in [1.54, 1.807) is 0 Å². The number of fused-ring (bicyclic) bond motifs is 3. The third-order valence-electron chi connectivity index (χ3n) is 5.54. The van der Waals surface area contributed by atoms with Gasteiger partial charge in [0, 0.05) is 22.6 Å². The molecule has 3 nitrogen and oxygen atoms in total. The quantitative estimate of drug-likeness (QED) is 0.714. The maximum Gasteiger partial charge on any atom is 0.162 e. The smallest absolute Gasteiger partial charge is 0.162 e. The number of benzene rings is 2. The van der Waals surface area contributed by atoms with Gasteiger partial charge in [0.2, 0.25) is 0 Å². The Labute approximate surface area is 151 Å². The van der Waals surface area contributed by atoms with E-state index in [2.05, 4.69) is 80.1 Å². The van der Waals surface area contributed by atoms with Crippen molar-refractivity contribution < 1.29 is 0 Å². The summed E-state index contributed by atoms with van der Waals surface area (Å²) >= 11 is 0. The van der Waals surface area contributed by atoms with Crippen LogP contribution in [0.1, 0.15) is 52.7 Å². The molecule has 1 unspecified atom stereocenters. The van der Waals surface area contributed by atoms with Crippen molar-refractivity contribution in [2.24, 2.45) is 5.10 Å². The molecule has 3 heteroatoms. The van der Waals surface area contributed by atoms with Crippen LogP contribution < -0.4 is 4.90 Å². The number of hydrogen-bond donors (Lipinski definition) is 0. The molecule has 0 spiro atoms. The van der Waals surface area contributed by atoms with E-state index in [0.717, 1.165) is 5.84 Å². The van der Waals surface area contributed by atoms with Gasteiger partial charge < -0.3 is 4.90 Å². The van der Waals surface area contributed by atoms with E-state index in [9.17, 15) is 0 Å². The summed E-state index contributed by atoms with van der Waals surface area (Å²) in [6.07, 6.45) is 0.266. The zero-order valence-corrected chi connectivity index (χ0v) is 16.0. The van der Waals surface area contributed by atoms with Crippen LogP contribution in [0.4, 0.5) is 5.69 Å². The van der Waals surface area contributed by atoms with E-state index in [0.29, 0.717) is 6.04 Å². The second-order valence-corrected chi connectivity index (χ2v) is 7.61.